The molecule has 33 heavy (non-hydrogen) atoms. The van der Waals surface area contributed by atoms with Crippen molar-refractivity contribution >= 4 is 23.3 Å². The van der Waals surface area contributed by atoms with Crippen molar-refractivity contribution in [3.05, 3.63) is 48.2 Å². The van der Waals surface area contributed by atoms with Crippen LogP contribution in [0.4, 0.5) is 24.7 Å². The van der Waals surface area contributed by atoms with Crippen LogP contribution in [0.25, 0.3) is 0 Å². The van der Waals surface area contributed by atoms with Crippen LogP contribution in [0.2, 0.25) is 0 Å². The molecule has 1 unspecified atom stereocenters. The van der Waals surface area contributed by atoms with Crippen LogP contribution in [-0.2, 0) is 9.59 Å². The Morgan fingerprint density at radius 2 is 1.76 bits per heavy atom. The van der Waals surface area contributed by atoms with Crippen molar-refractivity contribution in [3.63, 3.8) is 0 Å². The molecule has 4 rings (SSSR count). The maximum absolute atomic E-state index is 12.7. The minimum absolute atomic E-state index is 0.0365. The minimum atomic E-state index is -4.47. The molecule has 176 valence electrons. The van der Waals surface area contributed by atoms with Crippen LogP contribution in [0.3, 0.4) is 0 Å². The molecule has 0 aliphatic carbocycles. The Bertz CT molecular complexity index is 960. The third-order valence-corrected chi connectivity index (χ3v) is 6.29. The number of hydrogen-bond acceptors (Lipinski definition) is 5. The van der Waals surface area contributed by atoms with E-state index in [-0.39, 0.29) is 17.7 Å². The highest BCUT2D eigenvalue weighted by atomic mass is 19.4. The number of halogens is 3. The average molecular weight is 461 g/mol. The molecule has 3 heterocycles. The van der Waals surface area contributed by atoms with Crippen LogP contribution < -0.4 is 10.2 Å². The summed E-state index contributed by atoms with van der Waals surface area (Å²) in [5.41, 5.74) is 1.77. The fourth-order valence-electron chi connectivity index (χ4n) is 4.47. The van der Waals surface area contributed by atoms with E-state index in [0.29, 0.717) is 38.2 Å². The van der Waals surface area contributed by atoms with Crippen LogP contribution in [0.15, 0.2) is 42.6 Å². The number of carbonyl (C=O) groups excluding carboxylic acids is 2. The summed E-state index contributed by atoms with van der Waals surface area (Å²) in [6.07, 6.45) is -2.27. The summed E-state index contributed by atoms with van der Waals surface area (Å²) in [6, 6.07) is 11.3. The number of aromatic nitrogens is 2. The summed E-state index contributed by atoms with van der Waals surface area (Å²) in [7, 11) is 0. The molecule has 1 aromatic carbocycles. The minimum Gasteiger partial charge on any atom is -0.354 e. The molecule has 1 aromatic heterocycles. The van der Waals surface area contributed by atoms with Crippen molar-refractivity contribution in [3.8, 4) is 0 Å². The Labute approximate surface area is 190 Å². The van der Waals surface area contributed by atoms with E-state index in [1.54, 1.807) is 6.20 Å². The molecular weight excluding hydrogens is 435 g/mol. The molecule has 0 spiro atoms. The van der Waals surface area contributed by atoms with Gasteiger partial charge in [-0.3, -0.25) is 9.59 Å². The number of nitrogens with one attached hydrogen (secondary N) is 1. The molecule has 1 N–H and O–H groups in total. The van der Waals surface area contributed by atoms with Gasteiger partial charge in [-0.05, 0) is 55.0 Å². The second-order valence-electron chi connectivity index (χ2n) is 8.57. The number of benzene rings is 1. The lowest BCUT2D eigenvalue weighted by Crippen LogP contribution is -2.39. The van der Waals surface area contributed by atoms with Crippen molar-refractivity contribution in [1.82, 2.24) is 15.1 Å². The van der Waals surface area contributed by atoms with Crippen molar-refractivity contribution in [2.24, 2.45) is 5.92 Å². The number of hydrogen-bond donors (Lipinski definition) is 1. The topological polar surface area (TPSA) is 78.4 Å². The van der Waals surface area contributed by atoms with E-state index in [9.17, 15) is 22.8 Å². The lowest BCUT2D eigenvalue weighted by atomic mass is 9.89. The number of rotatable bonds is 5. The van der Waals surface area contributed by atoms with Gasteiger partial charge in [0.15, 0.2) is 5.82 Å². The third kappa shape index (κ3) is 6.00. The fraction of sp³-hybridized carbons (Fsp3) is 0.478. The first-order chi connectivity index (χ1) is 15.8. The third-order valence-electron chi connectivity index (χ3n) is 6.29. The number of piperidine rings is 1. The molecule has 2 aliphatic rings. The van der Waals surface area contributed by atoms with E-state index in [4.69, 9.17) is 0 Å². The summed E-state index contributed by atoms with van der Waals surface area (Å²) in [6.45, 7) is 1.98. The largest absolute Gasteiger partial charge is 0.397 e. The number of anilines is 2. The Hall–Kier alpha value is -3.17. The van der Waals surface area contributed by atoms with E-state index in [0.717, 1.165) is 24.3 Å². The molecular formula is C23H26F3N5O2. The molecule has 2 aliphatic heterocycles. The highest BCUT2D eigenvalue weighted by molar-refractivity contribution is 5.93. The highest BCUT2D eigenvalue weighted by Crippen LogP contribution is 2.30. The van der Waals surface area contributed by atoms with E-state index in [1.165, 1.54) is 4.90 Å². The molecule has 0 bridgehead atoms. The Balaban J connectivity index is 1.26. The van der Waals surface area contributed by atoms with E-state index in [2.05, 4.69) is 15.5 Å². The van der Waals surface area contributed by atoms with Gasteiger partial charge in [0.2, 0.25) is 11.8 Å². The second-order valence-corrected chi connectivity index (χ2v) is 8.57. The lowest BCUT2D eigenvalue weighted by Gasteiger charge is -2.32. The van der Waals surface area contributed by atoms with E-state index < -0.39 is 18.5 Å². The summed E-state index contributed by atoms with van der Waals surface area (Å²) in [4.78, 5) is 27.8. The molecule has 2 aromatic rings. The quantitative estimate of drug-likeness (QED) is 0.736. The fourth-order valence-corrected chi connectivity index (χ4v) is 4.47. The predicted octanol–water partition coefficient (Wildman–Crippen LogP) is 3.60. The van der Waals surface area contributed by atoms with Crippen LogP contribution in [0, 0.1) is 5.92 Å². The van der Waals surface area contributed by atoms with Gasteiger partial charge in [-0.25, -0.2) is 0 Å². The number of alkyl halides is 3. The van der Waals surface area contributed by atoms with Gasteiger partial charge in [-0.1, -0.05) is 12.1 Å². The van der Waals surface area contributed by atoms with E-state index >= 15 is 0 Å². The van der Waals surface area contributed by atoms with Crippen LogP contribution >= 0.6 is 0 Å². The van der Waals surface area contributed by atoms with Crippen molar-refractivity contribution in [2.45, 2.75) is 37.8 Å². The molecule has 2 saturated heterocycles. The predicted molar refractivity (Wildman–Crippen MR) is 117 cm³/mol. The normalized spacial score (nSPS) is 19.5. The first-order valence-electron chi connectivity index (χ1n) is 11.1. The molecule has 10 heteroatoms. The van der Waals surface area contributed by atoms with Crippen molar-refractivity contribution in [1.29, 1.82) is 0 Å². The van der Waals surface area contributed by atoms with E-state index in [1.807, 2.05) is 41.3 Å². The zero-order valence-corrected chi connectivity index (χ0v) is 18.1. The molecule has 0 radical (unpaired) electrons. The van der Waals surface area contributed by atoms with Crippen molar-refractivity contribution in [2.75, 3.05) is 36.4 Å². The molecule has 2 fully saturated rings. The Morgan fingerprint density at radius 3 is 2.39 bits per heavy atom. The molecule has 2 amide bonds. The average Bonchev–Trinajstić information content (AvgIpc) is 3.30. The van der Waals surface area contributed by atoms with Gasteiger partial charge in [0.25, 0.3) is 0 Å². The smallest absolute Gasteiger partial charge is 0.354 e. The summed E-state index contributed by atoms with van der Waals surface area (Å²) in [5, 5.41) is 10.9. The number of amides is 2. The Kier molecular flexibility index (Phi) is 6.80. The number of carbonyl (C=O) groups is 2. The first-order valence-corrected chi connectivity index (χ1v) is 11.1. The molecule has 1 atom stereocenters. The van der Waals surface area contributed by atoms with Gasteiger partial charge >= 0.3 is 6.18 Å². The Morgan fingerprint density at radius 1 is 1.03 bits per heavy atom. The van der Waals surface area contributed by atoms with Crippen LogP contribution in [-0.4, -0.2) is 59.3 Å². The monoisotopic (exact) mass is 461 g/mol. The van der Waals surface area contributed by atoms with Gasteiger partial charge in [0, 0.05) is 38.1 Å². The molecule has 7 nitrogen and oxygen atoms in total. The lowest BCUT2D eigenvalue weighted by molar-refractivity contribution is -0.162. The maximum atomic E-state index is 12.7. The van der Waals surface area contributed by atoms with Crippen LogP contribution in [0.5, 0.6) is 0 Å². The van der Waals surface area contributed by atoms with Gasteiger partial charge in [0.05, 0.1) is 5.92 Å². The molecule has 0 saturated carbocycles. The zero-order chi connectivity index (χ0) is 23.4. The first kappa shape index (κ1) is 23.0. The highest BCUT2D eigenvalue weighted by Gasteiger charge is 2.35. The number of nitrogens with zero attached hydrogens (tertiary/aromatic N) is 4. The van der Waals surface area contributed by atoms with Crippen LogP contribution in [0.1, 0.15) is 37.2 Å². The van der Waals surface area contributed by atoms with Gasteiger partial charge in [0.1, 0.15) is 6.42 Å². The summed E-state index contributed by atoms with van der Waals surface area (Å²) < 4.78 is 37.3. The van der Waals surface area contributed by atoms with Gasteiger partial charge in [-0.15, -0.1) is 5.10 Å². The number of likely N-dealkylation sites (tertiary alicyclic amines) is 1. The van der Waals surface area contributed by atoms with Gasteiger partial charge < -0.3 is 15.1 Å². The SMILES string of the molecule is O=C(Nc1ccc(C2CCN(C(=O)CC(F)(F)F)CC2)cc1)C1CCN(c2cccnn2)C1. The van der Waals surface area contributed by atoms with Crippen molar-refractivity contribution < 1.29 is 22.8 Å². The zero-order valence-electron chi connectivity index (χ0n) is 18.1. The summed E-state index contributed by atoms with van der Waals surface area (Å²) >= 11 is 0. The maximum Gasteiger partial charge on any atom is 0.397 e. The second kappa shape index (κ2) is 9.76. The standard InChI is InChI=1S/C23H26F3N5O2/c24-23(25,26)14-21(32)30-11-7-17(8-12-30)16-3-5-19(6-4-16)28-22(33)18-9-13-31(15-18)20-2-1-10-27-29-20/h1-6,10,17-18H,7-9,11-15H2,(H,28,33). The van der Waals surface area contributed by atoms with Gasteiger partial charge in [-0.2, -0.15) is 18.3 Å². The summed E-state index contributed by atoms with van der Waals surface area (Å²) in [5.74, 6) is -0.0805.